The number of benzene rings is 1. The first-order chi connectivity index (χ1) is 17.9. The van der Waals surface area contributed by atoms with E-state index in [-0.39, 0.29) is 29.6 Å². The molecule has 8 nitrogen and oxygen atoms in total. The number of nitrogens with one attached hydrogen (secondary N) is 2. The molecule has 0 unspecified atom stereocenters. The molecule has 10 heteroatoms. The molecular formula is C27H37FN4O4S. The second-order valence-electron chi connectivity index (χ2n) is 10.2. The Balaban J connectivity index is 1.42. The third-order valence-electron chi connectivity index (χ3n) is 7.52. The zero-order valence-electron chi connectivity index (χ0n) is 21.4. The summed E-state index contributed by atoms with van der Waals surface area (Å²) in [6.45, 7) is 3.57. The number of amides is 2. The average Bonchev–Trinajstić information content (AvgIpc) is 3.09. The van der Waals surface area contributed by atoms with E-state index < -0.39 is 17.7 Å². The van der Waals surface area contributed by atoms with E-state index in [2.05, 4.69) is 22.8 Å². The van der Waals surface area contributed by atoms with Crippen LogP contribution in [0.15, 0.2) is 29.4 Å². The number of carbonyl (C=O) groups excluding carboxylic acids is 3. The van der Waals surface area contributed by atoms with Crippen molar-refractivity contribution >= 4 is 34.5 Å². The van der Waals surface area contributed by atoms with Crippen LogP contribution in [0.4, 0.5) is 4.39 Å². The minimum absolute atomic E-state index is 0.114. The summed E-state index contributed by atoms with van der Waals surface area (Å²) in [5, 5.41) is 7.82. The zero-order chi connectivity index (χ0) is 26.2. The molecular weight excluding hydrogens is 495 g/mol. The van der Waals surface area contributed by atoms with Gasteiger partial charge in [0.05, 0.1) is 0 Å². The number of halogens is 1. The van der Waals surface area contributed by atoms with Crippen LogP contribution in [0.25, 0.3) is 0 Å². The molecule has 0 aromatic heterocycles. The van der Waals surface area contributed by atoms with Crippen LogP contribution in [0.2, 0.25) is 0 Å². The van der Waals surface area contributed by atoms with Gasteiger partial charge in [-0.05, 0) is 56.2 Å². The molecule has 3 aliphatic rings. The maximum absolute atomic E-state index is 13.3. The van der Waals surface area contributed by atoms with Crippen molar-refractivity contribution in [1.29, 1.82) is 0 Å². The van der Waals surface area contributed by atoms with Crippen molar-refractivity contribution in [2.45, 2.75) is 76.9 Å². The van der Waals surface area contributed by atoms with E-state index in [1.807, 2.05) is 4.90 Å². The van der Waals surface area contributed by atoms with Crippen molar-refractivity contribution in [3.8, 4) is 0 Å². The van der Waals surface area contributed by atoms with Crippen molar-refractivity contribution in [3.05, 3.63) is 35.6 Å². The number of Topliss-reactive ketones (excluding diaryl/α,β-unsaturated/α-hetero) is 1. The molecule has 2 N–H and O–H groups in total. The fourth-order valence-electron chi connectivity index (χ4n) is 5.22. The minimum Gasteiger partial charge on any atom is -0.381 e. The molecule has 2 heterocycles. The van der Waals surface area contributed by atoms with Gasteiger partial charge in [-0.1, -0.05) is 49.6 Å². The van der Waals surface area contributed by atoms with Gasteiger partial charge in [0.25, 0.3) is 0 Å². The highest BCUT2D eigenvalue weighted by atomic mass is 32.2. The molecule has 1 aliphatic carbocycles. The van der Waals surface area contributed by atoms with Gasteiger partial charge in [-0.25, -0.2) is 9.82 Å². The number of hydrazone groups is 1. The first-order valence-electron chi connectivity index (χ1n) is 13.4. The average molecular weight is 533 g/mol. The number of nitrogens with zero attached hydrogens (tertiary/aromatic N) is 2. The third kappa shape index (κ3) is 7.54. The lowest BCUT2D eigenvalue weighted by Gasteiger charge is -2.30. The van der Waals surface area contributed by atoms with Gasteiger partial charge < -0.3 is 15.0 Å². The van der Waals surface area contributed by atoms with Crippen LogP contribution < -0.4 is 10.7 Å². The number of carbonyl (C=O) groups is 3. The lowest BCUT2D eigenvalue weighted by atomic mass is 9.87. The third-order valence-corrected chi connectivity index (χ3v) is 8.75. The Morgan fingerprint density at radius 3 is 2.43 bits per heavy atom. The monoisotopic (exact) mass is 532 g/mol. The molecule has 0 radical (unpaired) electrons. The van der Waals surface area contributed by atoms with Crippen LogP contribution >= 0.6 is 11.8 Å². The molecule has 2 amide bonds. The maximum Gasteiger partial charge on any atom is 0.309 e. The van der Waals surface area contributed by atoms with Gasteiger partial charge in [0.1, 0.15) is 11.9 Å². The summed E-state index contributed by atoms with van der Waals surface area (Å²) in [6, 6.07) is 5.56. The predicted octanol–water partition coefficient (Wildman–Crippen LogP) is 3.60. The smallest absolute Gasteiger partial charge is 0.309 e. The molecule has 2 atom stereocenters. The molecule has 4 rings (SSSR count). The van der Waals surface area contributed by atoms with Crippen LogP contribution in [-0.2, 0) is 25.7 Å². The van der Waals surface area contributed by atoms with Gasteiger partial charge in [-0.15, -0.1) is 5.10 Å². The molecule has 37 heavy (non-hydrogen) atoms. The number of hydrogen-bond acceptors (Lipinski definition) is 6. The van der Waals surface area contributed by atoms with E-state index in [0.717, 1.165) is 49.8 Å². The quantitative estimate of drug-likeness (QED) is 0.302. The van der Waals surface area contributed by atoms with E-state index >= 15 is 0 Å². The Morgan fingerprint density at radius 1 is 1.08 bits per heavy atom. The molecule has 0 spiro atoms. The lowest BCUT2D eigenvalue weighted by molar-refractivity contribution is -0.142. The molecule has 202 valence electrons. The van der Waals surface area contributed by atoms with Gasteiger partial charge in [0.2, 0.25) is 11.7 Å². The summed E-state index contributed by atoms with van der Waals surface area (Å²) < 4.78 is 18.7. The van der Waals surface area contributed by atoms with Crippen molar-refractivity contribution in [1.82, 2.24) is 15.6 Å². The minimum atomic E-state index is -0.884. The normalized spacial score (nSPS) is 23.5. The van der Waals surface area contributed by atoms with E-state index in [0.29, 0.717) is 37.8 Å². The fraction of sp³-hybridized carbons (Fsp3) is 0.630. The van der Waals surface area contributed by atoms with Crippen LogP contribution in [0.1, 0.15) is 63.9 Å². The van der Waals surface area contributed by atoms with Gasteiger partial charge >= 0.3 is 5.91 Å². The van der Waals surface area contributed by atoms with E-state index in [4.69, 9.17) is 4.74 Å². The van der Waals surface area contributed by atoms with E-state index in [9.17, 15) is 18.8 Å². The van der Waals surface area contributed by atoms with E-state index in [1.165, 1.54) is 23.9 Å². The van der Waals surface area contributed by atoms with Gasteiger partial charge in [0.15, 0.2) is 5.17 Å². The number of thioether (sulfide) groups is 1. The van der Waals surface area contributed by atoms with E-state index in [1.54, 1.807) is 12.1 Å². The van der Waals surface area contributed by atoms with Crippen LogP contribution in [0, 0.1) is 17.7 Å². The van der Waals surface area contributed by atoms with Crippen LogP contribution in [0.3, 0.4) is 0 Å². The van der Waals surface area contributed by atoms with Crippen molar-refractivity contribution in [2.75, 3.05) is 19.0 Å². The molecule has 3 fully saturated rings. The number of ether oxygens (including phenoxy) is 1. The molecule has 1 aromatic carbocycles. The SMILES string of the molecule is C[C@H]1CSC(=NNC(=O)C(=O)[C@@H](NC(=O)C2CCCCCC2)C2CCOCC2)N1Cc1ccc(F)cc1. The molecule has 1 saturated carbocycles. The second-order valence-corrected chi connectivity index (χ2v) is 11.2. The molecule has 2 saturated heterocycles. The highest BCUT2D eigenvalue weighted by Crippen LogP contribution is 2.27. The largest absolute Gasteiger partial charge is 0.381 e. The van der Waals surface area contributed by atoms with Gasteiger partial charge in [-0.3, -0.25) is 14.4 Å². The Morgan fingerprint density at radius 2 is 1.76 bits per heavy atom. The Hall–Kier alpha value is -2.46. The predicted molar refractivity (Wildman–Crippen MR) is 141 cm³/mol. The second kappa shape index (κ2) is 13.4. The standard InChI is InChI=1S/C27H37FN4O4S/c1-18-17-37-27(32(18)16-19-8-10-22(28)11-9-19)31-30-26(35)24(33)23(20-12-14-36-15-13-20)29-25(34)21-6-4-2-3-5-7-21/h8-11,18,20-21,23H,2-7,12-17H2,1H3,(H,29,34)(H,30,35)/t18-,23-/m0/s1. The zero-order valence-corrected chi connectivity index (χ0v) is 22.2. The Labute approximate surface area is 222 Å². The van der Waals surface area contributed by atoms with Crippen LogP contribution in [0.5, 0.6) is 0 Å². The first-order valence-corrected chi connectivity index (χ1v) is 14.3. The summed E-state index contributed by atoms with van der Waals surface area (Å²) in [4.78, 5) is 41.4. The van der Waals surface area contributed by atoms with Crippen molar-refractivity contribution < 1.29 is 23.5 Å². The van der Waals surface area contributed by atoms with Gasteiger partial charge in [0, 0.05) is 37.5 Å². The molecule has 1 aromatic rings. The van der Waals surface area contributed by atoms with Crippen molar-refractivity contribution in [3.63, 3.8) is 0 Å². The Kier molecular flexibility index (Phi) is 9.96. The number of amidine groups is 1. The maximum atomic E-state index is 13.3. The molecule has 0 bridgehead atoms. The Bertz CT molecular complexity index is 975. The summed E-state index contributed by atoms with van der Waals surface area (Å²) >= 11 is 1.49. The van der Waals surface area contributed by atoms with Crippen LogP contribution in [-0.4, -0.2) is 58.7 Å². The number of hydrogen-bond donors (Lipinski definition) is 2. The van der Waals surface area contributed by atoms with Gasteiger partial charge in [-0.2, -0.15) is 0 Å². The topological polar surface area (TPSA) is 100 Å². The molecule has 2 aliphatic heterocycles. The highest BCUT2D eigenvalue weighted by molar-refractivity contribution is 8.14. The van der Waals surface area contributed by atoms with Crippen molar-refractivity contribution in [2.24, 2.45) is 16.9 Å². The highest BCUT2D eigenvalue weighted by Gasteiger charge is 2.36. The lowest BCUT2D eigenvalue weighted by Crippen LogP contribution is -2.53. The number of ketones is 1. The summed E-state index contributed by atoms with van der Waals surface area (Å²) in [7, 11) is 0. The first kappa shape index (κ1) is 27.6. The summed E-state index contributed by atoms with van der Waals surface area (Å²) in [5.74, 6) is -1.39. The summed E-state index contributed by atoms with van der Waals surface area (Å²) in [5.41, 5.74) is 3.37. The fourth-order valence-corrected chi connectivity index (χ4v) is 6.31. The number of rotatable bonds is 8. The summed E-state index contributed by atoms with van der Waals surface area (Å²) in [6.07, 6.45) is 7.14.